The lowest BCUT2D eigenvalue weighted by Gasteiger charge is -2.08. The summed E-state index contributed by atoms with van der Waals surface area (Å²) in [6, 6.07) is 10.0. The van der Waals surface area contributed by atoms with E-state index < -0.39 is 0 Å². The van der Waals surface area contributed by atoms with Crippen LogP contribution < -0.4 is 10.1 Å². The third kappa shape index (κ3) is 2.87. The molecule has 0 aliphatic rings. The molecule has 0 saturated carbocycles. The molecule has 0 aliphatic carbocycles. The summed E-state index contributed by atoms with van der Waals surface area (Å²) in [6.45, 7) is 7.41. The van der Waals surface area contributed by atoms with Gasteiger partial charge in [-0.05, 0) is 19.1 Å². The van der Waals surface area contributed by atoms with Crippen molar-refractivity contribution in [2.75, 3.05) is 13.7 Å². The van der Waals surface area contributed by atoms with Gasteiger partial charge in [0.1, 0.15) is 11.3 Å². The van der Waals surface area contributed by atoms with Crippen LogP contribution in [0.15, 0.2) is 42.5 Å². The lowest BCUT2D eigenvalue weighted by molar-refractivity contribution is 0.419. The highest BCUT2D eigenvalue weighted by molar-refractivity contribution is 5.84. The van der Waals surface area contributed by atoms with Crippen molar-refractivity contribution in [3.8, 4) is 5.75 Å². The molecule has 2 rings (SSSR count). The topological polar surface area (TPSA) is 34.1 Å². The van der Waals surface area contributed by atoms with Gasteiger partial charge in [-0.2, -0.15) is 0 Å². The lowest BCUT2D eigenvalue weighted by atomic mass is 10.2. The summed E-state index contributed by atoms with van der Waals surface area (Å²) in [4.78, 5) is 4.63. The summed E-state index contributed by atoms with van der Waals surface area (Å²) in [7, 11) is 1.67. The molecule has 0 bridgehead atoms. The van der Waals surface area contributed by atoms with Crippen LogP contribution in [0, 0.1) is 0 Å². The zero-order valence-electron chi connectivity index (χ0n) is 10.9. The van der Waals surface area contributed by atoms with E-state index in [0.717, 1.165) is 41.0 Å². The number of pyridine rings is 1. The van der Waals surface area contributed by atoms with Gasteiger partial charge in [0.15, 0.2) is 0 Å². The minimum Gasteiger partial charge on any atom is -0.494 e. The van der Waals surface area contributed by atoms with Crippen LogP contribution in [0.4, 0.5) is 0 Å². The molecule has 1 aromatic carbocycles. The Morgan fingerprint density at radius 1 is 1.33 bits per heavy atom. The standard InChI is InChI=1S/C15H18N2O/c1-11(2)9-16-10-13-8-7-12-5-4-6-14(18-3)15(12)17-13/h4-8,16H,1,9-10H2,2-3H3. The number of hydrogen-bond donors (Lipinski definition) is 1. The molecule has 0 atom stereocenters. The van der Waals surface area contributed by atoms with Crippen LogP contribution in [-0.4, -0.2) is 18.6 Å². The second-order valence-corrected chi connectivity index (χ2v) is 4.40. The molecule has 1 N–H and O–H groups in total. The van der Waals surface area contributed by atoms with E-state index in [2.05, 4.69) is 22.9 Å². The van der Waals surface area contributed by atoms with Crippen LogP contribution in [0.25, 0.3) is 10.9 Å². The van der Waals surface area contributed by atoms with Crippen molar-refractivity contribution in [3.05, 3.63) is 48.2 Å². The van der Waals surface area contributed by atoms with Gasteiger partial charge in [-0.1, -0.05) is 30.4 Å². The fourth-order valence-electron chi connectivity index (χ4n) is 1.83. The Labute approximate surface area is 107 Å². The molecular weight excluding hydrogens is 224 g/mol. The molecule has 18 heavy (non-hydrogen) atoms. The van der Waals surface area contributed by atoms with E-state index in [0.29, 0.717) is 0 Å². The van der Waals surface area contributed by atoms with E-state index in [1.54, 1.807) is 7.11 Å². The van der Waals surface area contributed by atoms with E-state index in [1.165, 1.54) is 0 Å². The molecule has 0 unspecified atom stereocenters. The maximum atomic E-state index is 5.33. The molecule has 3 heteroatoms. The highest BCUT2D eigenvalue weighted by atomic mass is 16.5. The van der Waals surface area contributed by atoms with Gasteiger partial charge in [0.05, 0.1) is 12.8 Å². The van der Waals surface area contributed by atoms with Gasteiger partial charge in [0.2, 0.25) is 0 Å². The number of nitrogens with zero attached hydrogens (tertiary/aromatic N) is 1. The van der Waals surface area contributed by atoms with Crippen molar-refractivity contribution in [1.29, 1.82) is 0 Å². The molecular formula is C15H18N2O. The third-order valence-electron chi connectivity index (χ3n) is 2.69. The first-order valence-corrected chi connectivity index (χ1v) is 5.98. The van der Waals surface area contributed by atoms with Crippen molar-refractivity contribution in [2.24, 2.45) is 0 Å². The summed E-state index contributed by atoms with van der Waals surface area (Å²) >= 11 is 0. The number of rotatable bonds is 5. The molecule has 1 heterocycles. The molecule has 0 saturated heterocycles. The number of nitrogens with one attached hydrogen (secondary N) is 1. The molecule has 0 spiro atoms. The third-order valence-corrected chi connectivity index (χ3v) is 2.69. The summed E-state index contributed by atoms with van der Waals surface area (Å²) in [6.07, 6.45) is 0. The number of ether oxygens (including phenoxy) is 1. The summed E-state index contributed by atoms with van der Waals surface area (Å²) < 4.78 is 5.33. The first kappa shape index (κ1) is 12.6. The minimum absolute atomic E-state index is 0.737. The smallest absolute Gasteiger partial charge is 0.145 e. The number of methoxy groups -OCH3 is 1. The predicted octanol–water partition coefficient (Wildman–Crippen LogP) is 2.91. The van der Waals surface area contributed by atoms with E-state index in [-0.39, 0.29) is 0 Å². The highest BCUT2D eigenvalue weighted by Gasteiger charge is 2.03. The summed E-state index contributed by atoms with van der Waals surface area (Å²) in [5.74, 6) is 0.814. The van der Waals surface area contributed by atoms with Crippen molar-refractivity contribution >= 4 is 10.9 Å². The second-order valence-electron chi connectivity index (χ2n) is 4.40. The second kappa shape index (κ2) is 5.65. The Hall–Kier alpha value is -1.87. The summed E-state index contributed by atoms with van der Waals surface area (Å²) in [5.41, 5.74) is 3.04. The van der Waals surface area contributed by atoms with Gasteiger partial charge < -0.3 is 10.1 Å². The van der Waals surface area contributed by atoms with Gasteiger partial charge in [0.25, 0.3) is 0 Å². The molecule has 1 aromatic heterocycles. The van der Waals surface area contributed by atoms with E-state index in [4.69, 9.17) is 4.74 Å². The highest BCUT2D eigenvalue weighted by Crippen LogP contribution is 2.23. The first-order chi connectivity index (χ1) is 8.70. The largest absolute Gasteiger partial charge is 0.494 e. The van der Waals surface area contributed by atoms with Crippen molar-refractivity contribution in [3.63, 3.8) is 0 Å². The van der Waals surface area contributed by atoms with Crippen LogP contribution in [0.3, 0.4) is 0 Å². The first-order valence-electron chi connectivity index (χ1n) is 5.98. The Balaban J connectivity index is 2.23. The monoisotopic (exact) mass is 242 g/mol. The molecule has 0 fully saturated rings. The van der Waals surface area contributed by atoms with Gasteiger partial charge in [-0.3, -0.25) is 0 Å². The molecule has 0 amide bonds. The van der Waals surface area contributed by atoms with E-state index >= 15 is 0 Å². The number of hydrogen-bond acceptors (Lipinski definition) is 3. The zero-order valence-corrected chi connectivity index (χ0v) is 10.9. The van der Waals surface area contributed by atoms with Crippen molar-refractivity contribution in [2.45, 2.75) is 13.5 Å². The SMILES string of the molecule is C=C(C)CNCc1ccc2cccc(OC)c2n1. The molecule has 94 valence electrons. The maximum absolute atomic E-state index is 5.33. The number of aromatic nitrogens is 1. The molecule has 0 radical (unpaired) electrons. The van der Waals surface area contributed by atoms with Gasteiger partial charge in [-0.25, -0.2) is 4.98 Å². The zero-order chi connectivity index (χ0) is 13.0. The Bertz CT molecular complexity index is 563. The lowest BCUT2D eigenvalue weighted by Crippen LogP contribution is -2.16. The van der Waals surface area contributed by atoms with E-state index in [1.807, 2.05) is 31.2 Å². The van der Waals surface area contributed by atoms with Gasteiger partial charge >= 0.3 is 0 Å². The minimum atomic E-state index is 0.737. The molecule has 3 nitrogen and oxygen atoms in total. The Morgan fingerprint density at radius 3 is 2.89 bits per heavy atom. The van der Waals surface area contributed by atoms with Crippen LogP contribution in [-0.2, 0) is 6.54 Å². The van der Waals surface area contributed by atoms with Crippen LogP contribution in [0.2, 0.25) is 0 Å². The van der Waals surface area contributed by atoms with Crippen molar-refractivity contribution in [1.82, 2.24) is 10.3 Å². The van der Waals surface area contributed by atoms with Crippen LogP contribution in [0.1, 0.15) is 12.6 Å². The fourth-order valence-corrected chi connectivity index (χ4v) is 1.83. The molecule has 0 aliphatic heterocycles. The van der Waals surface area contributed by atoms with Crippen LogP contribution >= 0.6 is 0 Å². The van der Waals surface area contributed by atoms with Crippen LogP contribution in [0.5, 0.6) is 5.75 Å². The number of fused-ring (bicyclic) bond motifs is 1. The predicted molar refractivity (Wildman–Crippen MR) is 74.8 cm³/mol. The maximum Gasteiger partial charge on any atom is 0.145 e. The number of benzene rings is 1. The van der Waals surface area contributed by atoms with Gasteiger partial charge in [0, 0.05) is 18.5 Å². The normalized spacial score (nSPS) is 10.6. The quantitative estimate of drug-likeness (QED) is 0.819. The Morgan fingerprint density at radius 2 is 2.17 bits per heavy atom. The fraction of sp³-hybridized carbons (Fsp3) is 0.267. The van der Waals surface area contributed by atoms with Gasteiger partial charge in [-0.15, -0.1) is 0 Å². The number of para-hydroxylation sites is 1. The summed E-state index contributed by atoms with van der Waals surface area (Å²) in [5, 5.41) is 4.40. The molecule has 2 aromatic rings. The Kier molecular flexibility index (Phi) is 3.95. The van der Waals surface area contributed by atoms with E-state index in [9.17, 15) is 0 Å². The van der Waals surface area contributed by atoms with Crippen molar-refractivity contribution < 1.29 is 4.74 Å². The average molecular weight is 242 g/mol. The average Bonchev–Trinajstić information content (AvgIpc) is 2.37.